The number of thioether (sulfide) groups is 2. The van der Waals surface area contributed by atoms with Gasteiger partial charge in [-0.05, 0) is 18.6 Å². The van der Waals surface area contributed by atoms with Crippen LogP contribution in [0.25, 0.3) is 0 Å². The van der Waals surface area contributed by atoms with Crippen molar-refractivity contribution in [1.82, 2.24) is 4.90 Å². The van der Waals surface area contributed by atoms with Crippen molar-refractivity contribution in [2.45, 2.75) is 29.5 Å². The first-order chi connectivity index (χ1) is 13.6. The number of likely N-dealkylation sites (tertiary alicyclic amines) is 1. The Morgan fingerprint density at radius 2 is 1.75 bits per heavy atom. The third-order valence-corrected chi connectivity index (χ3v) is 7.07. The van der Waals surface area contributed by atoms with Crippen molar-refractivity contribution in [3.05, 3.63) is 66.2 Å². The molecule has 6 heteroatoms. The molecule has 3 rings (SSSR count). The van der Waals surface area contributed by atoms with Gasteiger partial charge in [-0.15, -0.1) is 11.8 Å². The van der Waals surface area contributed by atoms with E-state index in [2.05, 4.69) is 0 Å². The SMILES string of the molecule is C[C@@H](CSC(=O)c1ccccc1)C(=O)N1C[C@H](Sc2ccccc2)C[C@H]1C=O. The molecule has 0 saturated carbocycles. The first-order valence-electron chi connectivity index (χ1n) is 9.28. The Balaban J connectivity index is 1.55. The smallest absolute Gasteiger partial charge is 0.226 e. The highest BCUT2D eigenvalue weighted by Gasteiger charge is 2.37. The second-order valence-electron chi connectivity index (χ2n) is 6.85. The number of benzene rings is 2. The van der Waals surface area contributed by atoms with E-state index in [1.165, 1.54) is 0 Å². The predicted molar refractivity (Wildman–Crippen MR) is 115 cm³/mol. The van der Waals surface area contributed by atoms with Crippen molar-refractivity contribution in [2.24, 2.45) is 5.92 Å². The Labute approximate surface area is 174 Å². The summed E-state index contributed by atoms with van der Waals surface area (Å²) in [5.41, 5.74) is 0.637. The van der Waals surface area contributed by atoms with Gasteiger partial charge in [-0.25, -0.2) is 0 Å². The van der Waals surface area contributed by atoms with Gasteiger partial charge >= 0.3 is 0 Å². The molecule has 1 heterocycles. The molecule has 1 amide bonds. The fourth-order valence-corrected chi connectivity index (χ4v) is 5.27. The monoisotopic (exact) mass is 413 g/mol. The lowest BCUT2D eigenvalue weighted by Gasteiger charge is -2.24. The number of amides is 1. The molecule has 0 aromatic heterocycles. The summed E-state index contributed by atoms with van der Waals surface area (Å²) in [6.07, 6.45) is 1.54. The summed E-state index contributed by atoms with van der Waals surface area (Å²) in [5, 5.41) is 0.165. The van der Waals surface area contributed by atoms with Gasteiger partial charge in [-0.1, -0.05) is 67.2 Å². The lowest BCUT2D eigenvalue weighted by molar-refractivity contribution is -0.137. The maximum Gasteiger partial charge on any atom is 0.226 e. The van der Waals surface area contributed by atoms with E-state index in [-0.39, 0.29) is 28.2 Å². The molecule has 28 heavy (non-hydrogen) atoms. The van der Waals surface area contributed by atoms with Crippen molar-refractivity contribution in [1.29, 1.82) is 0 Å². The van der Waals surface area contributed by atoms with Crippen molar-refractivity contribution in [3.8, 4) is 0 Å². The lowest BCUT2D eigenvalue weighted by Crippen LogP contribution is -2.40. The Bertz CT molecular complexity index is 813. The molecule has 2 aromatic carbocycles. The topological polar surface area (TPSA) is 54.5 Å². The van der Waals surface area contributed by atoms with Crippen LogP contribution in [0.15, 0.2) is 65.6 Å². The first-order valence-corrected chi connectivity index (χ1v) is 11.1. The maximum absolute atomic E-state index is 12.9. The number of aldehydes is 1. The number of hydrogen-bond acceptors (Lipinski definition) is 5. The van der Waals surface area contributed by atoms with Crippen LogP contribution in [0.4, 0.5) is 0 Å². The van der Waals surface area contributed by atoms with Crippen LogP contribution in [0, 0.1) is 5.92 Å². The van der Waals surface area contributed by atoms with Crippen LogP contribution < -0.4 is 0 Å². The molecule has 0 spiro atoms. The van der Waals surface area contributed by atoms with E-state index >= 15 is 0 Å². The van der Waals surface area contributed by atoms with Gasteiger partial charge in [0.25, 0.3) is 0 Å². The van der Waals surface area contributed by atoms with Crippen LogP contribution in [0.2, 0.25) is 0 Å². The van der Waals surface area contributed by atoms with Crippen molar-refractivity contribution in [2.75, 3.05) is 12.3 Å². The zero-order valence-electron chi connectivity index (χ0n) is 15.7. The van der Waals surface area contributed by atoms with Gasteiger partial charge in [0.15, 0.2) is 0 Å². The summed E-state index contributed by atoms with van der Waals surface area (Å²) in [4.78, 5) is 39.5. The van der Waals surface area contributed by atoms with Crippen molar-refractivity contribution in [3.63, 3.8) is 0 Å². The highest BCUT2D eigenvalue weighted by molar-refractivity contribution is 8.14. The molecule has 1 aliphatic rings. The Kier molecular flexibility index (Phi) is 7.34. The average molecular weight is 414 g/mol. The molecule has 146 valence electrons. The summed E-state index contributed by atoms with van der Waals surface area (Å²) in [6.45, 7) is 2.39. The van der Waals surface area contributed by atoms with Crippen LogP contribution in [0.3, 0.4) is 0 Å². The zero-order chi connectivity index (χ0) is 19.9. The minimum atomic E-state index is -0.383. The molecule has 2 aromatic rings. The summed E-state index contributed by atoms with van der Waals surface area (Å²) in [5.74, 6) is 0.0349. The molecular formula is C22H23NO3S2. The van der Waals surface area contributed by atoms with E-state index in [0.29, 0.717) is 24.3 Å². The minimum Gasteiger partial charge on any atom is -0.332 e. The fraction of sp³-hybridized carbons (Fsp3) is 0.318. The van der Waals surface area contributed by atoms with Crippen LogP contribution in [-0.4, -0.2) is 45.8 Å². The lowest BCUT2D eigenvalue weighted by atomic mass is 10.1. The molecule has 1 fully saturated rings. The second-order valence-corrected chi connectivity index (χ2v) is 9.21. The number of carbonyl (C=O) groups is 3. The number of nitrogens with zero attached hydrogens (tertiary/aromatic N) is 1. The average Bonchev–Trinajstić information content (AvgIpc) is 3.15. The van der Waals surface area contributed by atoms with Crippen LogP contribution in [0.5, 0.6) is 0 Å². The van der Waals surface area contributed by atoms with E-state index < -0.39 is 0 Å². The minimum absolute atomic E-state index is 0.0360. The highest BCUT2D eigenvalue weighted by Crippen LogP contribution is 2.33. The van der Waals surface area contributed by atoms with Gasteiger partial charge in [0, 0.05) is 33.9 Å². The molecule has 0 bridgehead atoms. The third kappa shape index (κ3) is 5.26. The van der Waals surface area contributed by atoms with E-state index in [1.807, 2.05) is 55.5 Å². The third-order valence-electron chi connectivity index (χ3n) is 4.69. The van der Waals surface area contributed by atoms with Crippen LogP contribution >= 0.6 is 23.5 Å². The van der Waals surface area contributed by atoms with Gasteiger partial charge in [-0.3, -0.25) is 9.59 Å². The highest BCUT2D eigenvalue weighted by atomic mass is 32.2. The van der Waals surface area contributed by atoms with E-state index in [9.17, 15) is 14.4 Å². The molecule has 1 aliphatic heterocycles. The van der Waals surface area contributed by atoms with Crippen molar-refractivity contribution < 1.29 is 14.4 Å². The van der Waals surface area contributed by atoms with Crippen LogP contribution in [-0.2, 0) is 9.59 Å². The molecule has 0 aliphatic carbocycles. The number of rotatable bonds is 7. The predicted octanol–water partition coefficient (Wildman–Crippen LogP) is 4.16. The largest absolute Gasteiger partial charge is 0.332 e. The normalized spacial score (nSPS) is 20.0. The molecule has 0 N–H and O–H groups in total. The second kappa shape index (κ2) is 9.94. The fourth-order valence-electron chi connectivity index (χ4n) is 3.20. The van der Waals surface area contributed by atoms with Crippen molar-refractivity contribution >= 4 is 40.8 Å². The Morgan fingerprint density at radius 3 is 2.39 bits per heavy atom. The zero-order valence-corrected chi connectivity index (χ0v) is 17.3. The molecule has 3 atom stereocenters. The molecular weight excluding hydrogens is 390 g/mol. The number of carbonyl (C=O) groups excluding carboxylic acids is 3. The summed E-state index contributed by atoms with van der Waals surface area (Å²) in [6, 6.07) is 18.7. The van der Waals surface area contributed by atoms with Crippen LogP contribution in [0.1, 0.15) is 23.7 Å². The maximum atomic E-state index is 12.9. The molecule has 4 nitrogen and oxygen atoms in total. The van der Waals surface area contributed by atoms with Gasteiger partial charge in [0.2, 0.25) is 11.0 Å². The molecule has 0 radical (unpaired) electrons. The molecule has 1 saturated heterocycles. The van der Waals surface area contributed by atoms with E-state index in [4.69, 9.17) is 0 Å². The van der Waals surface area contributed by atoms with Gasteiger partial charge in [-0.2, -0.15) is 0 Å². The Hall–Kier alpha value is -2.05. The van der Waals surface area contributed by atoms with Gasteiger partial charge in [0.05, 0.1) is 6.04 Å². The summed E-state index contributed by atoms with van der Waals surface area (Å²) < 4.78 is 0. The van der Waals surface area contributed by atoms with E-state index in [0.717, 1.165) is 22.9 Å². The quantitative estimate of drug-likeness (QED) is 0.638. The summed E-state index contributed by atoms with van der Waals surface area (Å²) >= 11 is 2.86. The standard InChI is InChI=1S/C22H23NO3S2/c1-16(15-27-22(26)17-8-4-2-5-9-17)21(25)23-13-20(12-18(23)14-24)28-19-10-6-3-7-11-19/h2-11,14,16,18,20H,12-13,15H2,1H3/t16-,18-,20+/m0/s1. The summed E-state index contributed by atoms with van der Waals surface area (Å²) in [7, 11) is 0. The van der Waals surface area contributed by atoms with Gasteiger partial charge < -0.3 is 9.69 Å². The molecule has 0 unspecified atom stereocenters. The first kappa shape index (κ1) is 20.7. The Morgan fingerprint density at radius 1 is 1.11 bits per heavy atom. The van der Waals surface area contributed by atoms with Gasteiger partial charge in [0.1, 0.15) is 6.29 Å². The number of hydrogen-bond donors (Lipinski definition) is 0. The van der Waals surface area contributed by atoms with E-state index in [1.54, 1.807) is 28.8 Å².